The molecule has 1 amide bonds. The van der Waals surface area contributed by atoms with Gasteiger partial charge in [0.1, 0.15) is 11.8 Å². The number of benzene rings is 2. The van der Waals surface area contributed by atoms with Gasteiger partial charge in [0, 0.05) is 12.0 Å². The number of ether oxygens (including phenoxy) is 2. The van der Waals surface area contributed by atoms with Crippen LogP contribution in [0.15, 0.2) is 48.5 Å². The lowest BCUT2D eigenvalue weighted by Crippen LogP contribution is -2.43. The molecule has 1 atom stereocenters. The van der Waals surface area contributed by atoms with Crippen molar-refractivity contribution in [1.82, 2.24) is 5.32 Å². The Balaban J connectivity index is 2.16. The van der Waals surface area contributed by atoms with Crippen LogP contribution < -0.4 is 15.8 Å². The highest BCUT2D eigenvalue weighted by Crippen LogP contribution is 2.22. The van der Waals surface area contributed by atoms with Crippen LogP contribution in [0.2, 0.25) is 0 Å². The second-order valence-electron chi connectivity index (χ2n) is 5.20. The number of anilines is 1. The Morgan fingerprint density at radius 1 is 1.12 bits per heavy atom. The molecule has 2 rings (SSSR count). The van der Waals surface area contributed by atoms with Gasteiger partial charge in [-0.05, 0) is 23.8 Å². The Labute approximate surface area is 140 Å². The molecule has 0 radical (unpaired) electrons. The maximum Gasteiger partial charge on any atom is 0.328 e. The highest BCUT2D eigenvalue weighted by Gasteiger charge is 2.23. The summed E-state index contributed by atoms with van der Waals surface area (Å²) < 4.78 is 9.90. The minimum atomic E-state index is -0.784. The summed E-state index contributed by atoms with van der Waals surface area (Å²) in [6, 6.07) is 13.3. The number of amides is 1. The summed E-state index contributed by atoms with van der Waals surface area (Å²) in [5.41, 5.74) is 7.45. The van der Waals surface area contributed by atoms with Crippen molar-refractivity contribution in [2.45, 2.75) is 12.5 Å². The zero-order chi connectivity index (χ0) is 17.5. The molecular weight excluding hydrogens is 308 g/mol. The van der Waals surface area contributed by atoms with Crippen molar-refractivity contribution in [3.8, 4) is 5.75 Å². The van der Waals surface area contributed by atoms with Gasteiger partial charge in [-0.2, -0.15) is 0 Å². The number of nitrogens with two attached hydrogens (primary N) is 1. The number of nitrogens with one attached hydrogen (secondary N) is 1. The molecule has 0 aliphatic carbocycles. The first-order valence-corrected chi connectivity index (χ1v) is 7.41. The molecule has 0 fully saturated rings. The standard InChI is InChI=1S/C18H20N2O4/c1-23-16-11-13(8-9-14(16)19)17(21)20-15(18(22)24-2)10-12-6-4-3-5-7-12/h3-9,11,15H,10,19H2,1-2H3,(H,20,21)/t15-/m0/s1. The first kappa shape index (κ1) is 17.3. The van der Waals surface area contributed by atoms with Gasteiger partial charge in [0.05, 0.1) is 19.9 Å². The van der Waals surface area contributed by atoms with Crippen LogP contribution in [0, 0.1) is 0 Å². The predicted octanol–water partition coefficient (Wildman–Crippen LogP) is 1.79. The molecule has 126 valence electrons. The van der Waals surface area contributed by atoms with Gasteiger partial charge in [-0.1, -0.05) is 30.3 Å². The van der Waals surface area contributed by atoms with Crippen LogP contribution in [0.5, 0.6) is 5.75 Å². The molecule has 0 aliphatic rings. The SMILES string of the molecule is COC(=O)[C@H](Cc1ccccc1)NC(=O)c1ccc(N)c(OC)c1. The second kappa shape index (κ2) is 8.01. The Morgan fingerprint density at radius 3 is 2.46 bits per heavy atom. The van der Waals surface area contributed by atoms with E-state index < -0.39 is 17.9 Å². The molecular formula is C18H20N2O4. The van der Waals surface area contributed by atoms with E-state index in [1.54, 1.807) is 12.1 Å². The Bertz CT molecular complexity index is 716. The summed E-state index contributed by atoms with van der Waals surface area (Å²) in [5, 5.41) is 2.69. The summed E-state index contributed by atoms with van der Waals surface area (Å²) in [6.45, 7) is 0. The molecule has 3 N–H and O–H groups in total. The van der Waals surface area contributed by atoms with E-state index in [2.05, 4.69) is 5.32 Å². The van der Waals surface area contributed by atoms with Gasteiger partial charge in [-0.3, -0.25) is 4.79 Å². The predicted molar refractivity (Wildman–Crippen MR) is 90.8 cm³/mol. The fourth-order valence-corrected chi connectivity index (χ4v) is 2.28. The lowest BCUT2D eigenvalue weighted by molar-refractivity contribution is -0.142. The highest BCUT2D eigenvalue weighted by atomic mass is 16.5. The minimum Gasteiger partial charge on any atom is -0.495 e. The Kier molecular flexibility index (Phi) is 5.78. The molecule has 2 aromatic rings. The summed E-state index contributed by atoms with van der Waals surface area (Å²) >= 11 is 0. The van der Waals surface area contributed by atoms with Gasteiger partial charge < -0.3 is 20.5 Å². The normalized spacial score (nSPS) is 11.4. The van der Waals surface area contributed by atoms with Crippen LogP contribution >= 0.6 is 0 Å². The molecule has 24 heavy (non-hydrogen) atoms. The van der Waals surface area contributed by atoms with E-state index in [9.17, 15) is 9.59 Å². The van der Waals surface area contributed by atoms with Gasteiger partial charge in [0.2, 0.25) is 0 Å². The van der Waals surface area contributed by atoms with Crippen LogP contribution in [0.4, 0.5) is 5.69 Å². The van der Waals surface area contributed by atoms with E-state index in [4.69, 9.17) is 15.2 Å². The quantitative estimate of drug-likeness (QED) is 0.623. The number of hydrogen-bond donors (Lipinski definition) is 2. The zero-order valence-electron chi connectivity index (χ0n) is 13.6. The van der Waals surface area contributed by atoms with Crippen LogP contribution in [0.1, 0.15) is 15.9 Å². The van der Waals surface area contributed by atoms with Crippen molar-refractivity contribution in [3.05, 3.63) is 59.7 Å². The average Bonchev–Trinajstić information content (AvgIpc) is 2.61. The monoisotopic (exact) mass is 328 g/mol. The molecule has 6 heteroatoms. The van der Waals surface area contributed by atoms with Gasteiger partial charge in [-0.25, -0.2) is 4.79 Å². The maximum atomic E-state index is 12.4. The molecule has 0 aromatic heterocycles. The van der Waals surface area contributed by atoms with Crippen molar-refractivity contribution < 1.29 is 19.1 Å². The summed E-state index contributed by atoms with van der Waals surface area (Å²) in [4.78, 5) is 24.4. The van der Waals surface area contributed by atoms with Gasteiger partial charge in [0.25, 0.3) is 5.91 Å². The Morgan fingerprint density at radius 2 is 1.83 bits per heavy atom. The summed E-state index contributed by atoms with van der Waals surface area (Å²) in [5.74, 6) is -0.505. The van der Waals surface area contributed by atoms with Crippen LogP contribution in [0.25, 0.3) is 0 Å². The largest absolute Gasteiger partial charge is 0.495 e. The van der Waals surface area contributed by atoms with E-state index in [1.165, 1.54) is 20.3 Å². The van der Waals surface area contributed by atoms with E-state index in [-0.39, 0.29) is 0 Å². The van der Waals surface area contributed by atoms with Crippen molar-refractivity contribution in [3.63, 3.8) is 0 Å². The van der Waals surface area contributed by atoms with Crippen LogP contribution in [0.3, 0.4) is 0 Å². The van der Waals surface area contributed by atoms with Gasteiger partial charge in [-0.15, -0.1) is 0 Å². The number of hydrogen-bond acceptors (Lipinski definition) is 5. The lowest BCUT2D eigenvalue weighted by Gasteiger charge is -2.17. The first-order chi connectivity index (χ1) is 11.5. The Hall–Kier alpha value is -3.02. The topological polar surface area (TPSA) is 90.7 Å². The number of carbonyl (C=O) groups is 2. The minimum absolute atomic E-state index is 0.339. The molecule has 0 bridgehead atoms. The molecule has 0 heterocycles. The third kappa shape index (κ3) is 4.25. The van der Waals surface area contributed by atoms with E-state index in [0.29, 0.717) is 23.4 Å². The molecule has 0 spiro atoms. The zero-order valence-corrected chi connectivity index (χ0v) is 13.6. The van der Waals surface area contributed by atoms with E-state index >= 15 is 0 Å². The highest BCUT2D eigenvalue weighted by molar-refractivity contribution is 5.97. The maximum absolute atomic E-state index is 12.4. The number of esters is 1. The molecule has 0 aliphatic heterocycles. The van der Waals surface area contributed by atoms with Crippen molar-refractivity contribution in [1.29, 1.82) is 0 Å². The van der Waals surface area contributed by atoms with Crippen molar-refractivity contribution >= 4 is 17.6 Å². The van der Waals surface area contributed by atoms with Crippen molar-refractivity contribution in [2.24, 2.45) is 0 Å². The average molecular weight is 328 g/mol. The smallest absolute Gasteiger partial charge is 0.328 e. The lowest BCUT2D eigenvalue weighted by atomic mass is 10.1. The second-order valence-corrected chi connectivity index (χ2v) is 5.20. The number of carbonyl (C=O) groups excluding carboxylic acids is 2. The molecule has 0 saturated heterocycles. The summed E-state index contributed by atoms with van der Waals surface area (Å²) in [6.07, 6.45) is 0.339. The molecule has 0 saturated carbocycles. The van der Waals surface area contributed by atoms with Crippen LogP contribution in [-0.4, -0.2) is 32.1 Å². The van der Waals surface area contributed by atoms with Crippen LogP contribution in [-0.2, 0) is 16.0 Å². The van der Waals surface area contributed by atoms with Gasteiger partial charge in [0.15, 0.2) is 0 Å². The van der Waals surface area contributed by atoms with E-state index in [0.717, 1.165) is 5.56 Å². The fourth-order valence-electron chi connectivity index (χ4n) is 2.28. The third-order valence-corrected chi connectivity index (χ3v) is 3.57. The van der Waals surface area contributed by atoms with E-state index in [1.807, 2.05) is 30.3 Å². The number of rotatable bonds is 6. The number of nitrogen functional groups attached to an aromatic ring is 1. The molecule has 0 unspecified atom stereocenters. The van der Waals surface area contributed by atoms with Gasteiger partial charge >= 0.3 is 5.97 Å². The molecule has 2 aromatic carbocycles. The first-order valence-electron chi connectivity index (χ1n) is 7.41. The summed E-state index contributed by atoms with van der Waals surface area (Å²) in [7, 11) is 2.76. The molecule has 6 nitrogen and oxygen atoms in total. The third-order valence-electron chi connectivity index (χ3n) is 3.57. The fraction of sp³-hybridized carbons (Fsp3) is 0.222. The number of methoxy groups -OCH3 is 2. The van der Waals surface area contributed by atoms with Crippen molar-refractivity contribution in [2.75, 3.05) is 20.0 Å².